The lowest BCUT2D eigenvalue weighted by Crippen LogP contribution is -2.50. The molecule has 3 N–H and O–H groups in total. The number of fused-ring (bicyclic) bond motifs is 2. The standard InChI is InChI=1S/C14H24N2O5/c1-20-6-7-21-5-4-15-14(19)16-12-10-3-2-9(8-10)11(12)13(17)18/h9-12H,2-8H2,1H3,(H,17,18)(H2,15,16,19). The maximum atomic E-state index is 11.8. The van der Waals surface area contributed by atoms with Crippen molar-refractivity contribution in [2.24, 2.45) is 17.8 Å². The van der Waals surface area contributed by atoms with Gasteiger partial charge in [-0.25, -0.2) is 4.79 Å². The number of hydrogen-bond acceptors (Lipinski definition) is 4. The van der Waals surface area contributed by atoms with Crippen LogP contribution >= 0.6 is 0 Å². The molecule has 0 saturated heterocycles. The quantitative estimate of drug-likeness (QED) is 0.565. The van der Waals surface area contributed by atoms with E-state index in [4.69, 9.17) is 9.47 Å². The SMILES string of the molecule is COCCOCCNC(=O)NC1C2CCC(C2)C1C(=O)O. The smallest absolute Gasteiger partial charge is 0.315 e. The van der Waals surface area contributed by atoms with E-state index in [1.54, 1.807) is 7.11 Å². The predicted octanol–water partition coefficient (Wildman–Crippen LogP) is 0.448. The van der Waals surface area contributed by atoms with E-state index >= 15 is 0 Å². The van der Waals surface area contributed by atoms with E-state index in [9.17, 15) is 14.7 Å². The second-order valence-corrected chi connectivity index (χ2v) is 5.73. The molecule has 2 aliphatic rings. The highest BCUT2D eigenvalue weighted by molar-refractivity contribution is 5.77. The van der Waals surface area contributed by atoms with Crippen LogP contribution in [-0.4, -0.2) is 56.6 Å². The van der Waals surface area contributed by atoms with Gasteiger partial charge in [-0.3, -0.25) is 4.79 Å². The van der Waals surface area contributed by atoms with Crippen LogP contribution in [0.1, 0.15) is 19.3 Å². The minimum Gasteiger partial charge on any atom is -0.481 e. The third-order valence-corrected chi connectivity index (χ3v) is 4.46. The minimum absolute atomic E-state index is 0.218. The van der Waals surface area contributed by atoms with Gasteiger partial charge in [0, 0.05) is 19.7 Å². The summed E-state index contributed by atoms with van der Waals surface area (Å²) in [6.45, 7) is 1.83. The van der Waals surface area contributed by atoms with E-state index in [-0.39, 0.29) is 18.0 Å². The summed E-state index contributed by atoms with van der Waals surface area (Å²) in [7, 11) is 1.60. The molecule has 2 bridgehead atoms. The zero-order chi connectivity index (χ0) is 15.2. The van der Waals surface area contributed by atoms with Crippen molar-refractivity contribution in [1.82, 2.24) is 10.6 Å². The highest BCUT2D eigenvalue weighted by atomic mass is 16.5. The summed E-state index contributed by atoms with van der Waals surface area (Å²) in [5.41, 5.74) is 0. The van der Waals surface area contributed by atoms with Crippen molar-refractivity contribution in [1.29, 1.82) is 0 Å². The molecule has 2 aliphatic carbocycles. The van der Waals surface area contributed by atoms with Crippen LogP contribution in [0.15, 0.2) is 0 Å². The normalized spacial score (nSPS) is 30.3. The Hall–Kier alpha value is -1.34. The van der Waals surface area contributed by atoms with Crippen molar-refractivity contribution in [2.75, 3.05) is 33.5 Å². The van der Waals surface area contributed by atoms with Gasteiger partial charge >= 0.3 is 12.0 Å². The number of hydrogen-bond donors (Lipinski definition) is 3. The number of rotatable bonds is 8. The van der Waals surface area contributed by atoms with Crippen molar-refractivity contribution >= 4 is 12.0 Å². The molecule has 21 heavy (non-hydrogen) atoms. The molecule has 0 aliphatic heterocycles. The summed E-state index contributed by atoms with van der Waals surface area (Å²) < 4.78 is 10.1. The number of aliphatic carboxylic acids is 1. The number of carbonyl (C=O) groups is 2. The van der Waals surface area contributed by atoms with Crippen LogP contribution in [0, 0.1) is 17.8 Å². The highest BCUT2D eigenvalue weighted by Gasteiger charge is 2.51. The molecule has 0 radical (unpaired) electrons. The van der Waals surface area contributed by atoms with Gasteiger partial charge in [-0.05, 0) is 31.1 Å². The topological polar surface area (TPSA) is 96.9 Å². The van der Waals surface area contributed by atoms with Crippen molar-refractivity contribution in [3.63, 3.8) is 0 Å². The van der Waals surface area contributed by atoms with Crippen molar-refractivity contribution in [2.45, 2.75) is 25.3 Å². The Kier molecular flexibility index (Phi) is 5.81. The molecule has 120 valence electrons. The van der Waals surface area contributed by atoms with E-state index in [0.29, 0.717) is 32.3 Å². The lowest BCUT2D eigenvalue weighted by atomic mass is 9.84. The number of carboxylic acid groups (broad SMARTS) is 1. The first-order valence-electron chi connectivity index (χ1n) is 7.47. The van der Waals surface area contributed by atoms with Gasteiger partial charge < -0.3 is 25.2 Å². The number of carbonyl (C=O) groups excluding carboxylic acids is 1. The monoisotopic (exact) mass is 300 g/mol. The minimum atomic E-state index is -0.796. The Bertz CT molecular complexity index is 376. The lowest BCUT2D eigenvalue weighted by molar-refractivity contribution is -0.144. The van der Waals surface area contributed by atoms with Gasteiger partial charge in [-0.15, -0.1) is 0 Å². The lowest BCUT2D eigenvalue weighted by Gasteiger charge is -2.28. The van der Waals surface area contributed by atoms with Gasteiger partial charge in [0.25, 0.3) is 0 Å². The molecule has 2 fully saturated rings. The van der Waals surface area contributed by atoms with Gasteiger partial charge in [0.05, 0.1) is 25.7 Å². The molecule has 4 atom stereocenters. The third-order valence-electron chi connectivity index (χ3n) is 4.46. The summed E-state index contributed by atoms with van der Waals surface area (Å²) in [5.74, 6) is -0.710. The molecular weight excluding hydrogens is 276 g/mol. The second kappa shape index (κ2) is 7.61. The summed E-state index contributed by atoms with van der Waals surface area (Å²) in [5, 5.41) is 14.8. The fraction of sp³-hybridized carbons (Fsp3) is 0.857. The Morgan fingerprint density at radius 2 is 1.95 bits per heavy atom. The zero-order valence-electron chi connectivity index (χ0n) is 12.3. The van der Waals surface area contributed by atoms with Gasteiger partial charge in [0.2, 0.25) is 0 Å². The van der Waals surface area contributed by atoms with Crippen LogP contribution in [0.25, 0.3) is 0 Å². The molecule has 0 aromatic heterocycles. The maximum Gasteiger partial charge on any atom is 0.315 e. The average molecular weight is 300 g/mol. The Morgan fingerprint density at radius 1 is 1.19 bits per heavy atom. The largest absolute Gasteiger partial charge is 0.481 e. The number of ether oxygens (including phenoxy) is 2. The molecule has 4 unspecified atom stereocenters. The number of urea groups is 1. The second-order valence-electron chi connectivity index (χ2n) is 5.73. The molecule has 2 amide bonds. The molecule has 7 heteroatoms. The van der Waals surface area contributed by atoms with Gasteiger partial charge in [0.15, 0.2) is 0 Å². The molecule has 2 saturated carbocycles. The van der Waals surface area contributed by atoms with Crippen LogP contribution < -0.4 is 10.6 Å². The molecule has 0 aromatic rings. The molecule has 0 spiro atoms. The molecule has 0 heterocycles. The van der Waals surface area contributed by atoms with Gasteiger partial charge in [-0.1, -0.05) is 0 Å². The number of carboxylic acids is 1. The van der Waals surface area contributed by atoms with Crippen LogP contribution in [-0.2, 0) is 14.3 Å². The summed E-state index contributed by atoms with van der Waals surface area (Å²) >= 11 is 0. The Morgan fingerprint density at radius 3 is 2.67 bits per heavy atom. The number of nitrogens with one attached hydrogen (secondary N) is 2. The Balaban J connectivity index is 1.68. The highest BCUT2D eigenvalue weighted by Crippen LogP contribution is 2.48. The van der Waals surface area contributed by atoms with Crippen LogP contribution in [0.4, 0.5) is 4.79 Å². The predicted molar refractivity (Wildman–Crippen MR) is 75.0 cm³/mol. The molecule has 7 nitrogen and oxygen atoms in total. The van der Waals surface area contributed by atoms with E-state index in [2.05, 4.69) is 10.6 Å². The summed E-state index contributed by atoms with van der Waals surface area (Å²) in [6.07, 6.45) is 2.90. The molecule has 2 rings (SSSR count). The van der Waals surface area contributed by atoms with Crippen molar-refractivity contribution in [3.8, 4) is 0 Å². The van der Waals surface area contributed by atoms with Gasteiger partial charge in [0.1, 0.15) is 0 Å². The molecular formula is C14H24N2O5. The van der Waals surface area contributed by atoms with Crippen LogP contribution in [0.5, 0.6) is 0 Å². The number of amides is 2. The fourth-order valence-corrected chi connectivity index (χ4v) is 3.54. The van der Waals surface area contributed by atoms with E-state index in [1.807, 2.05) is 0 Å². The van der Waals surface area contributed by atoms with E-state index in [1.165, 1.54) is 0 Å². The van der Waals surface area contributed by atoms with E-state index < -0.39 is 11.9 Å². The fourth-order valence-electron chi connectivity index (χ4n) is 3.54. The Labute approximate surface area is 124 Å². The van der Waals surface area contributed by atoms with Crippen LogP contribution in [0.2, 0.25) is 0 Å². The third kappa shape index (κ3) is 4.07. The maximum absolute atomic E-state index is 11.8. The summed E-state index contributed by atoms with van der Waals surface area (Å²) in [4.78, 5) is 23.2. The summed E-state index contributed by atoms with van der Waals surface area (Å²) in [6, 6.07) is -0.551. The van der Waals surface area contributed by atoms with Crippen molar-refractivity contribution < 1.29 is 24.2 Å². The first-order valence-corrected chi connectivity index (χ1v) is 7.47. The van der Waals surface area contributed by atoms with Gasteiger partial charge in [-0.2, -0.15) is 0 Å². The number of methoxy groups -OCH3 is 1. The van der Waals surface area contributed by atoms with Crippen molar-refractivity contribution in [3.05, 3.63) is 0 Å². The first-order chi connectivity index (χ1) is 10.1. The average Bonchev–Trinajstić information content (AvgIpc) is 3.03. The first kappa shape index (κ1) is 16.0. The van der Waals surface area contributed by atoms with E-state index in [0.717, 1.165) is 19.3 Å². The zero-order valence-corrected chi connectivity index (χ0v) is 12.3. The van der Waals surface area contributed by atoms with Crippen LogP contribution in [0.3, 0.4) is 0 Å². The molecule has 0 aromatic carbocycles.